The number of phenols is 1. The molecule has 1 saturated carbocycles. The monoisotopic (exact) mass is 469 g/mol. The predicted molar refractivity (Wildman–Crippen MR) is 130 cm³/mol. The molecule has 2 aliphatic carbocycles. The number of sulfonamides is 1. The maximum Gasteiger partial charge on any atom is 0.238 e. The molecule has 0 amide bonds. The van der Waals surface area contributed by atoms with E-state index in [1.165, 1.54) is 36.9 Å². The molecule has 6 nitrogen and oxygen atoms in total. The van der Waals surface area contributed by atoms with E-state index in [4.69, 9.17) is 5.14 Å². The summed E-state index contributed by atoms with van der Waals surface area (Å²) in [7, 11) is -3.66. The summed E-state index contributed by atoms with van der Waals surface area (Å²) in [5.74, 6) is 1.20. The summed E-state index contributed by atoms with van der Waals surface area (Å²) in [6.07, 6.45) is 6.82. The van der Waals surface area contributed by atoms with E-state index in [1.807, 2.05) is 24.3 Å². The molecule has 4 N–H and O–H groups in total. The third kappa shape index (κ3) is 4.69. The van der Waals surface area contributed by atoms with E-state index >= 15 is 0 Å². The number of hydrogen-bond acceptors (Lipinski definition) is 5. The van der Waals surface area contributed by atoms with E-state index in [-0.39, 0.29) is 10.3 Å². The number of fused-ring (bicyclic) bond motifs is 4. The van der Waals surface area contributed by atoms with Crippen molar-refractivity contribution in [2.75, 3.05) is 19.6 Å². The minimum Gasteiger partial charge on any atom is -0.508 e. The SMILES string of the molecule is CC12CCCN(CC3CC3)C(Cc3ccc(O)cc31)C2NCCc1ccc(S(N)(=O)=O)cc1. The van der Waals surface area contributed by atoms with Crippen molar-refractivity contribution in [2.45, 2.75) is 67.8 Å². The summed E-state index contributed by atoms with van der Waals surface area (Å²) < 4.78 is 23.0. The Bertz CT molecular complexity index is 1110. The average Bonchev–Trinajstić information content (AvgIpc) is 3.59. The van der Waals surface area contributed by atoms with Gasteiger partial charge in [-0.15, -0.1) is 0 Å². The summed E-state index contributed by atoms with van der Waals surface area (Å²) in [6.45, 7) is 5.53. The molecule has 0 aromatic heterocycles. The van der Waals surface area contributed by atoms with Gasteiger partial charge in [-0.1, -0.05) is 25.1 Å². The Morgan fingerprint density at radius 2 is 1.94 bits per heavy atom. The number of phenolic OH excluding ortho intramolecular Hbond substituents is 1. The molecule has 3 unspecified atom stereocenters. The van der Waals surface area contributed by atoms with Crippen molar-refractivity contribution in [2.24, 2.45) is 11.1 Å². The number of nitrogens with zero attached hydrogens (tertiary/aromatic N) is 1. The van der Waals surface area contributed by atoms with Gasteiger partial charge in [-0.3, -0.25) is 4.90 Å². The van der Waals surface area contributed by atoms with Gasteiger partial charge in [0.1, 0.15) is 5.75 Å². The van der Waals surface area contributed by atoms with Crippen LogP contribution in [-0.2, 0) is 28.3 Å². The van der Waals surface area contributed by atoms with Crippen LogP contribution >= 0.6 is 0 Å². The molecule has 1 saturated heterocycles. The van der Waals surface area contributed by atoms with Crippen LogP contribution in [0.4, 0.5) is 0 Å². The molecular weight excluding hydrogens is 434 g/mol. The molecule has 0 radical (unpaired) electrons. The smallest absolute Gasteiger partial charge is 0.238 e. The van der Waals surface area contributed by atoms with Gasteiger partial charge in [-0.05, 0) is 98.5 Å². The summed E-state index contributed by atoms with van der Waals surface area (Å²) in [5, 5.41) is 19.4. The van der Waals surface area contributed by atoms with Crippen LogP contribution in [0.1, 0.15) is 49.3 Å². The largest absolute Gasteiger partial charge is 0.508 e. The Balaban J connectivity index is 1.37. The number of primary sulfonamides is 1. The number of likely N-dealkylation sites (tertiary alicyclic amines) is 1. The molecule has 5 rings (SSSR count). The number of nitrogens with one attached hydrogen (secondary N) is 1. The highest BCUT2D eigenvalue weighted by molar-refractivity contribution is 7.89. The first-order valence-corrected chi connectivity index (χ1v) is 13.7. The van der Waals surface area contributed by atoms with Crippen molar-refractivity contribution < 1.29 is 13.5 Å². The fourth-order valence-corrected chi connectivity index (χ4v) is 6.61. The van der Waals surface area contributed by atoms with E-state index in [0.717, 1.165) is 43.8 Å². The third-order valence-electron chi connectivity index (χ3n) is 8.04. The lowest BCUT2D eigenvalue weighted by atomic mass is 9.64. The summed E-state index contributed by atoms with van der Waals surface area (Å²) >= 11 is 0. The summed E-state index contributed by atoms with van der Waals surface area (Å²) in [5.41, 5.74) is 3.72. The topological polar surface area (TPSA) is 95.7 Å². The van der Waals surface area contributed by atoms with E-state index in [9.17, 15) is 13.5 Å². The lowest BCUT2D eigenvalue weighted by molar-refractivity contribution is 0.127. The fraction of sp³-hybridized carbons (Fsp3) is 0.538. The summed E-state index contributed by atoms with van der Waals surface area (Å²) in [4.78, 5) is 2.88. The van der Waals surface area contributed by atoms with Crippen molar-refractivity contribution in [3.05, 3.63) is 59.2 Å². The number of nitrogens with two attached hydrogens (primary N) is 1. The van der Waals surface area contributed by atoms with Gasteiger partial charge in [-0.2, -0.15) is 0 Å². The van der Waals surface area contributed by atoms with Crippen molar-refractivity contribution >= 4 is 10.0 Å². The van der Waals surface area contributed by atoms with Crippen LogP contribution in [0.5, 0.6) is 5.75 Å². The van der Waals surface area contributed by atoms with E-state index < -0.39 is 10.0 Å². The molecule has 178 valence electrons. The third-order valence-corrected chi connectivity index (χ3v) is 8.97. The first-order valence-electron chi connectivity index (χ1n) is 12.2. The quantitative estimate of drug-likeness (QED) is 0.580. The van der Waals surface area contributed by atoms with Gasteiger partial charge >= 0.3 is 0 Å². The number of aromatic hydroxyl groups is 1. The van der Waals surface area contributed by atoms with Crippen molar-refractivity contribution in [1.82, 2.24) is 10.2 Å². The minimum atomic E-state index is -3.66. The minimum absolute atomic E-state index is 0.0349. The van der Waals surface area contributed by atoms with Gasteiger partial charge in [0.25, 0.3) is 0 Å². The van der Waals surface area contributed by atoms with Gasteiger partial charge in [0.2, 0.25) is 10.0 Å². The summed E-state index contributed by atoms with van der Waals surface area (Å²) in [6, 6.07) is 13.6. The number of rotatable bonds is 7. The molecule has 2 aromatic carbocycles. The van der Waals surface area contributed by atoms with Crippen LogP contribution in [0, 0.1) is 5.92 Å². The maximum atomic E-state index is 11.5. The number of benzene rings is 2. The van der Waals surface area contributed by atoms with Gasteiger partial charge < -0.3 is 10.4 Å². The Morgan fingerprint density at radius 1 is 1.18 bits per heavy atom. The predicted octanol–water partition coefficient (Wildman–Crippen LogP) is 2.93. The van der Waals surface area contributed by atoms with Crippen LogP contribution in [-0.4, -0.2) is 50.1 Å². The zero-order valence-electron chi connectivity index (χ0n) is 19.3. The zero-order chi connectivity index (χ0) is 23.2. The lowest BCUT2D eigenvalue weighted by Gasteiger charge is -2.49. The van der Waals surface area contributed by atoms with Crippen molar-refractivity contribution in [1.29, 1.82) is 0 Å². The second-order valence-electron chi connectivity index (χ2n) is 10.4. The Hall–Kier alpha value is -1.93. The van der Waals surface area contributed by atoms with E-state index in [0.29, 0.717) is 17.8 Å². The molecule has 3 aliphatic rings. The first-order chi connectivity index (χ1) is 15.7. The fourth-order valence-electron chi connectivity index (χ4n) is 6.09. The standard InChI is InChI=1S/C26H35N3O3S/c1-26-12-2-14-29(17-19-3-4-19)24(15-20-7-8-21(30)16-23(20)26)25(26)28-13-11-18-5-9-22(10-6-18)33(27,31)32/h5-10,16,19,24-25,28,30H,2-4,11-15,17H2,1H3,(H2,27,31,32). The Labute approximate surface area is 197 Å². The van der Waals surface area contributed by atoms with Crippen LogP contribution in [0.2, 0.25) is 0 Å². The van der Waals surface area contributed by atoms with Crippen LogP contribution in [0.25, 0.3) is 0 Å². The molecular formula is C26H35N3O3S. The maximum absolute atomic E-state index is 11.5. The van der Waals surface area contributed by atoms with E-state index in [2.05, 4.69) is 23.2 Å². The molecule has 7 heteroatoms. The zero-order valence-corrected chi connectivity index (χ0v) is 20.2. The molecule has 2 bridgehead atoms. The number of hydrogen-bond donors (Lipinski definition) is 3. The van der Waals surface area contributed by atoms with Crippen LogP contribution in [0.3, 0.4) is 0 Å². The molecule has 1 heterocycles. The average molecular weight is 470 g/mol. The Morgan fingerprint density at radius 3 is 2.64 bits per heavy atom. The van der Waals surface area contributed by atoms with Gasteiger partial charge in [0.15, 0.2) is 0 Å². The van der Waals surface area contributed by atoms with Gasteiger partial charge in [-0.25, -0.2) is 13.6 Å². The van der Waals surface area contributed by atoms with Crippen molar-refractivity contribution in [3.63, 3.8) is 0 Å². The second kappa shape index (κ2) is 8.69. The first kappa shape index (κ1) is 22.8. The Kier molecular flexibility index (Phi) is 6.02. The lowest BCUT2D eigenvalue weighted by Crippen LogP contribution is -2.61. The molecule has 0 spiro atoms. The van der Waals surface area contributed by atoms with E-state index in [1.54, 1.807) is 12.1 Å². The molecule has 1 aliphatic heterocycles. The molecule has 2 aromatic rings. The highest BCUT2D eigenvalue weighted by atomic mass is 32.2. The van der Waals surface area contributed by atoms with Crippen molar-refractivity contribution in [3.8, 4) is 5.75 Å². The highest BCUT2D eigenvalue weighted by Gasteiger charge is 2.49. The molecule has 33 heavy (non-hydrogen) atoms. The second-order valence-corrected chi connectivity index (χ2v) is 12.0. The van der Waals surface area contributed by atoms with Crippen LogP contribution < -0.4 is 10.5 Å². The van der Waals surface area contributed by atoms with Gasteiger partial charge in [0, 0.05) is 24.0 Å². The normalized spacial score (nSPS) is 27.7. The molecule has 3 atom stereocenters. The molecule has 2 fully saturated rings. The van der Waals surface area contributed by atoms with Crippen LogP contribution in [0.15, 0.2) is 47.4 Å². The van der Waals surface area contributed by atoms with Gasteiger partial charge in [0.05, 0.1) is 4.90 Å². The highest BCUT2D eigenvalue weighted by Crippen LogP contribution is 2.46.